The van der Waals surface area contributed by atoms with Crippen LogP contribution in [-0.2, 0) is 16.5 Å². The minimum absolute atomic E-state index is 0.570. The van der Waals surface area contributed by atoms with Gasteiger partial charge in [0.05, 0.1) is 0 Å². The molecule has 0 aliphatic heterocycles. The van der Waals surface area contributed by atoms with E-state index in [0.29, 0.717) is 0 Å². The van der Waals surface area contributed by atoms with Crippen LogP contribution in [0.2, 0.25) is 19.6 Å². The van der Waals surface area contributed by atoms with Gasteiger partial charge in [-0.25, -0.2) is 0 Å². The predicted octanol–water partition coefficient (Wildman–Crippen LogP) is 0.273. The van der Waals surface area contributed by atoms with Gasteiger partial charge >= 0.3 is 18.6 Å². The highest BCUT2D eigenvalue weighted by Gasteiger charge is 2.25. The first-order valence-electron chi connectivity index (χ1n) is 5.70. The molecular formula is C9H23O4Si5. The molecule has 0 spiro atoms. The quantitative estimate of drug-likeness (QED) is 0.401. The Bertz CT molecular complexity index is 274. The monoisotopic (exact) mass is 335 g/mol. The van der Waals surface area contributed by atoms with E-state index >= 15 is 0 Å². The minimum atomic E-state index is -1.84. The second-order valence-electron chi connectivity index (χ2n) is 4.06. The predicted molar refractivity (Wildman–Crippen MR) is 88.3 cm³/mol. The van der Waals surface area contributed by atoms with Crippen molar-refractivity contribution >= 4 is 46.7 Å². The summed E-state index contributed by atoms with van der Waals surface area (Å²) in [5.74, 6) is 0. The van der Waals surface area contributed by atoms with E-state index in [9.17, 15) is 0 Å². The van der Waals surface area contributed by atoms with E-state index in [4.69, 9.17) is 16.5 Å². The molecule has 0 rings (SSSR count). The lowest BCUT2D eigenvalue weighted by atomic mass is 11.3. The van der Waals surface area contributed by atoms with Crippen molar-refractivity contribution in [1.82, 2.24) is 0 Å². The van der Waals surface area contributed by atoms with Gasteiger partial charge in [-0.1, -0.05) is 17.1 Å². The van der Waals surface area contributed by atoms with Crippen LogP contribution in [0, 0.1) is 0 Å². The summed E-state index contributed by atoms with van der Waals surface area (Å²) in [5, 5.41) is 0. The molecule has 0 aromatic rings. The smallest absolute Gasteiger partial charge is 0.361 e. The van der Waals surface area contributed by atoms with Gasteiger partial charge in [0, 0.05) is 0 Å². The standard InChI is InChI=1S/C9H23O4Si5/c1-7-14-10-15-11-16(4)12-17(8-2)13-18(5,6)9-3/h7-9,17H,1-3,14-15H2,4-6H3. The first kappa shape index (κ1) is 18.1. The molecule has 0 bridgehead atoms. The zero-order valence-corrected chi connectivity index (χ0v) is 17.5. The maximum atomic E-state index is 5.97. The van der Waals surface area contributed by atoms with Crippen LogP contribution in [0.1, 0.15) is 0 Å². The highest BCUT2D eigenvalue weighted by Crippen LogP contribution is 2.09. The van der Waals surface area contributed by atoms with Crippen LogP contribution in [0.15, 0.2) is 36.8 Å². The Hall–Kier alpha value is 0.144. The fourth-order valence-electron chi connectivity index (χ4n) is 0.921. The lowest BCUT2D eigenvalue weighted by Crippen LogP contribution is -2.40. The molecule has 0 saturated heterocycles. The maximum absolute atomic E-state index is 5.97. The second-order valence-corrected chi connectivity index (χ2v) is 15.7. The molecule has 18 heavy (non-hydrogen) atoms. The van der Waals surface area contributed by atoms with Gasteiger partial charge in [-0.05, 0) is 19.6 Å². The third kappa shape index (κ3) is 9.12. The van der Waals surface area contributed by atoms with Crippen molar-refractivity contribution in [2.45, 2.75) is 19.6 Å². The molecule has 0 aliphatic rings. The molecule has 0 heterocycles. The zero-order valence-electron chi connectivity index (χ0n) is 11.5. The van der Waals surface area contributed by atoms with E-state index in [2.05, 4.69) is 32.8 Å². The van der Waals surface area contributed by atoms with Gasteiger partial charge in [-0.15, -0.1) is 19.7 Å². The van der Waals surface area contributed by atoms with E-state index in [1.54, 1.807) is 5.70 Å². The van der Waals surface area contributed by atoms with Gasteiger partial charge < -0.3 is 16.5 Å². The molecule has 0 amide bonds. The molecule has 1 radical (unpaired) electrons. The van der Waals surface area contributed by atoms with Gasteiger partial charge in [0.2, 0.25) is 0 Å². The molecule has 0 fully saturated rings. The normalized spacial score (nSPS) is 14.7. The fraction of sp³-hybridized carbons (Fsp3) is 0.333. The number of rotatable bonds is 11. The minimum Gasteiger partial charge on any atom is -0.442 e. The van der Waals surface area contributed by atoms with Crippen LogP contribution in [0.5, 0.6) is 0 Å². The SMILES string of the molecule is C=C[SiH2]O[SiH2]O[Si](C)O[SiH](C=C)O[Si](C)(C)C=C. The summed E-state index contributed by atoms with van der Waals surface area (Å²) < 4.78 is 22.8. The van der Waals surface area contributed by atoms with Crippen LogP contribution >= 0.6 is 0 Å². The highest BCUT2D eigenvalue weighted by atomic mass is 28.4. The Kier molecular flexibility index (Phi) is 10.1. The van der Waals surface area contributed by atoms with Gasteiger partial charge in [0.25, 0.3) is 10.0 Å². The van der Waals surface area contributed by atoms with Crippen molar-refractivity contribution in [3.63, 3.8) is 0 Å². The lowest BCUT2D eigenvalue weighted by Gasteiger charge is -2.25. The lowest BCUT2D eigenvalue weighted by molar-refractivity contribution is 0.369. The first-order valence-corrected chi connectivity index (χ1v) is 14.7. The molecule has 0 aliphatic carbocycles. The molecule has 0 aromatic heterocycles. The molecule has 9 heteroatoms. The van der Waals surface area contributed by atoms with Gasteiger partial charge in [-0.3, -0.25) is 0 Å². The topological polar surface area (TPSA) is 36.9 Å². The summed E-state index contributed by atoms with van der Waals surface area (Å²) >= 11 is 0. The summed E-state index contributed by atoms with van der Waals surface area (Å²) in [5.41, 5.74) is 5.54. The average Bonchev–Trinajstić information content (AvgIpc) is 2.33. The Balaban J connectivity index is 4.00. The van der Waals surface area contributed by atoms with Crippen LogP contribution in [0.25, 0.3) is 0 Å². The molecular weight excluding hydrogens is 313 g/mol. The van der Waals surface area contributed by atoms with Crippen molar-refractivity contribution in [2.24, 2.45) is 0 Å². The third-order valence-corrected chi connectivity index (χ3v) is 12.9. The Morgan fingerprint density at radius 1 is 1.28 bits per heavy atom. The second kappa shape index (κ2) is 9.99. The Labute approximate surface area is 120 Å². The molecule has 4 nitrogen and oxygen atoms in total. The number of hydrogen-bond donors (Lipinski definition) is 0. The molecule has 0 saturated carbocycles. The molecule has 1 atom stereocenters. The van der Waals surface area contributed by atoms with Crippen LogP contribution in [-0.4, -0.2) is 46.7 Å². The van der Waals surface area contributed by atoms with E-state index in [-0.39, 0.29) is 0 Å². The largest absolute Gasteiger partial charge is 0.442 e. The van der Waals surface area contributed by atoms with Crippen LogP contribution in [0.4, 0.5) is 0 Å². The van der Waals surface area contributed by atoms with Crippen molar-refractivity contribution in [1.29, 1.82) is 0 Å². The van der Waals surface area contributed by atoms with Crippen LogP contribution in [0.3, 0.4) is 0 Å². The zero-order chi connectivity index (χ0) is 14.0. The fourth-order valence-corrected chi connectivity index (χ4v) is 10.1. The summed E-state index contributed by atoms with van der Waals surface area (Å²) in [4.78, 5) is 0. The van der Waals surface area contributed by atoms with Crippen molar-refractivity contribution < 1.29 is 16.5 Å². The van der Waals surface area contributed by atoms with E-state index in [1.807, 2.05) is 17.9 Å². The Morgan fingerprint density at radius 3 is 2.44 bits per heavy atom. The molecule has 0 N–H and O–H groups in total. The summed E-state index contributed by atoms with van der Waals surface area (Å²) in [6.45, 7) is 17.3. The summed E-state index contributed by atoms with van der Waals surface area (Å²) in [6.07, 6.45) is 0. The highest BCUT2D eigenvalue weighted by molar-refractivity contribution is 6.83. The molecule has 103 valence electrons. The van der Waals surface area contributed by atoms with Crippen molar-refractivity contribution in [3.8, 4) is 0 Å². The van der Waals surface area contributed by atoms with E-state index < -0.39 is 46.7 Å². The molecule has 0 aromatic carbocycles. The summed E-state index contributed by atoms with van der Waals surface area (Å²) in [6, 6.07) is 0. The van der Waals surface area contributed by atoms with Gasteiger partial charge in [0.1, 0.15) is 0 Å². The van der Waals surface area contributed by atoms with E-state index in [1.165, 1.54) is 0 Å². The van der Waals surface area contributed by atoms with E-state index in [0.717, 1.165) is 0 Å². The third-order valence-electron chi connectivity index (χ3n) is 1.97. The molecule has 1 unspecified atom stereocenters. The van der Waals surface area contributed by atoms with Gasteiger partial charge in [0.15, 0.2) is 18.1 Å². The Morgan fingerprint density at radius 2 is 1.94 bits per heavy atom. The average molecular weight is 336 g/mol. The first-order chi connectivity index (χ1) is 8.45. The maximum Gasteiger partial charge on any atom is 0.361 e. The van der Waals surface area contributed by atoms with Crippen LogP contribution < -0.4 is 0 Å². The summed E-state index contributed by atoms with van der Waals surface area (Å²) in [7, 11) is -6.41. The van der Waals surface area contributed by atoms with Crippen molar-refractivity contribution in [3.05, 3.63) is 36.8 Å². The number of hydrogen-bond acceptors (Lipinski definition) is 4. The van der Waals surface area contributed by atoms with Crippen molar-refractivity contribution in [2.75, 3.05) is 0 Å². The van der Waals surface area contributed by atoms with Gasteiger partial charge in [-0.2, -0.15) is 0 Å².